The molecule has 0 bridgehead atoms. The van der Waals surface area contributed by atoms with Crippen LogP contribution in [-0.4, -0.2) is 82.3 Å². The number of esters is 2. The molecule has 2 atom stereocenters. The second kappa shape index (κ2) is 46.7. The van der Waals surface area contributed by atoms with Crippen LogP contribution < -0.4 is 5.11 Å². The Bertz CT molecular complexity index is 1380. The van der Waals surface area contributed by atoms with E-state index in [4.69, 9.17) is 18.9 Å². The van der Waals surface area contributed by atoms with Gasteiger partial charge in [0.05, 0.1) is 40.3 Å². The average molecular weight is 908 g/mol. The number of allylic oxidation sites excluding steroid dienone is 16. The van der Waals surface area contributed by atoms with Crippen molar-refractivity contribution in [3.8, 4) is 0 Å². The standard InChI is InChI=1S/C56H93NO8/c1-6-8-10-12-14-16-18-20-22-24-26-27-29-31-33-35-37-39-41-43-45-47-54(59)65-52(51-64-56(55(60)61)62-49-48-57(3,4)5)50-63-53(58)46-44-42-40-38-36-34-32-30-28-25-23-21-19-17-15-13-11-9-7-2/h8,10,14-17,20-23,26-28,30-31,33,52,56H,6-7,9,11-13,18-19,24-25,29,32,34-51H2,1-5H3/b10-8-,16-14-,17-15-,22-20-,23-21-,27-26-,30-28-,33-31-. The molecule has 0 radical (unpaired) electrons. The van der Waals surface area contributed by atoms with E-state index in [1.54, 1.807) is 0 Å². The first kappa shape index (κ1) is 61.2. The number of quaternary nitrogens is 1. The molecule has 9 nitrogen and oxygen atoms in total. The van der Waals surface area contributed by atoms with Crippen molar-refractivity contribution in [2.45, 2.75) is 193 Å². The van der Waals surface area contributed by atoms with E-state index in [0.717, 1.165) is 122 Å². The van der Waals surface area contributed by atoms with Crippen molar-refractivity contribution in [2.75, 3.05) is 47.5 Å². The maximum absolute atomic E-state index is 12.8. The number of rotatable bonds is 45. The van der Waals surface area contributed by atoms with E-state index in [2.05, 4.69) is 111 Å². The first-order valence-electron chi connectivity index (χ1n) is 25.4. The maximum Gasteiger partial charge on any atom is 0.306 e. The van der Waals surface area contributed by atoms with Gasteiger partial charge in [-0.15, -0.1) is 0 Å². The van der Waals surface area contributed by atoms with Crippen LogP contribution in [-0.2, 0) is 33.3 Å². The smallest absolute Gasteiger partial charge is 0.306 e. The summed E-state index contributed by atoms with van der Waals surface area (Å²) in [7, 11) is 5.89. The fourth-order valence-corrected chi connectivity index (χ4v) is 6.39. The molecule has 0 aromatic carbocycles. The molecule has 0 spiro atoms. The van der Waals surface area contributed by atoms with Gasteiger partial charge in [-0.3, -0.25) is 9.59 Å². The molecule has 0 aromatic heterocycles. The lowest BCUT2D eigenvalue weighted by atomic mass is 10.1. The van der Waals surface area contributed by atoms with E-state index < -0.39 is 24.3 Å². The van der Waals surface area contributed by atoms with Crippen molar-refractivity contribution >= 4 is 17.9 Å². The summed E-state index contributed by atoms with van der Waals surface area (Å²) in [5.74, 6) is -2.34. The number of carboxylic acid groups (broad SMARTS) is 1. The Kier molecular flexibility index (Phi) is 44.0. The fraction of sp³-hybridized carbons (Fsp3) is 0.661. The summed E-state index contributed by atoms with van der Waals surface area (Å²) in [5.41, 5.74) is 0. The van der Waals surface area contributed by atoms with Gasteiger partial charge in [0.2, 0.25) is 0 Å². The Morgan fingerprint density at radius 2 is 0.877 bits per heavy atom. The molecule has 370 valence electrons. The molecule has 2 unspecified atom stereocenters. The monoisotopic (exact) mass is 908 g/mol. The van der Waals surface area contributed by atoms with Gasteiger partial charge >= 0.3 is 11.9 Å². The van der Waals surface area contributed by atoms with Crippen LogP contribution in [0.25, 0.3) is 0 Å². The second-order valence-corrected chi connectivity index (χ2v) is 17.7. The first-order valence-corrected chi connectivity index (χ1v) is 25.4. The van der Waals surface area contributed by atoms with Gasteiger partial charge in [0.25, 0.3) is 0 Å². The number of carboxylic acids is 1. The van der Waals surface area contributed by atoms with Gasteiger partial charge in [0.15, 0.2) is 12.4 Å². The number of carbonyl (C=O) groups is 3. The van der Waals surface area contributed by atoms with Crippen LogP contribution >= 0.6 is 0 Å². The number of likely N-dealkylation sites (N-methyl/N-ethyl adjacent to an activating group) is 1. The molecule has 65 heavy (non-hydrogen) atoms. The molecule has 0 N–H and O–H groups in total. The highest BCUT2D eigenvalue weighted by Crippen LogP contribution is 2.13. The summed E-state index contributed by atoms with van der Waals surface area (Å²) < 4.78 is 22.6. The third kappa shape index (κ3) is 48.0. The molecule has 0 aliphatic rings. The summed E-state index contributed by atoms with van der Waals surface area (Å²) in [6, 6.07) is 0. The van der Waals surface area contributed by atoms with Gasteiger partial charge in [-0.05, 0) is 96.3 Å². The molecule has 0 rings (SSSR count). The largest absolute Gasteiger partial charge is 0.545 e. The molecule has 0 aliphatic heterocycles. The van der Waals surface area contributed by atoms with Crippen molar-refractivity contribution < 1.29 is 42.9 Å². The van der Waals surface area contributed by atoms with Crippen LogP contribution in [0.3, 0.4) is 0 Å². The number of ether oxygens (including phenoxy) is 4. The number of unbranched alkanes of at least 4 members (excludes halogenated alkanes) is 14. The zero-order valence-corrected chi connectivity index (χ0v) is 41.8. The van der Waals surface area contributed by atoms with E-state index >= 15 is 0 Å². The number of hydrogen-bond donors (Lipinski definition) is 0. The third-order valence-corrected chi connectivity index (χ3v) is 10.3. The second-order valence-electron chi connectivity index (χ2n) is 17.7. The van der Waals surface area contributed by atoms with Crippen molar-refractivity contribution in [3.63, 3.8) is 0 Å². The highest BCUT2D eigenvalue weighted by atomic mass is 16.7. The normalized spacial score (nSPS) is 13.7. The van der Waals surface area contributed by atoms with Gasteiger partial charge < -0.3 is 33.3 Å². The zero-order chi connectivity index (χ0) is 47.7. The Hall–Kier alpha value is -3.79. The molecule has 9 heteroatoms. The van der Waals surface area contributed by atoms with Gasteiger partial charge in [0.1, 0.15) is 13.2 Å². The molecular formula is C56H93NO8. The molecule has 0 saturated heterocycles. The predicted molar refractivity (Wildman–Crippen MR) is 269 cm³/mol. The lowest BCUT2D eigenvalue weighted by molar-refractivity contribution is -0.870. The molecular weight excluding hydrogens is 815 g/mol. The van der Waals surface area contributed by atoms with Crippen LogP contribution in [0.5, 0.6) is 0 Å². The van der Waals surface area contributed by atoms with Gasteiger partial charge in [-0.1, -0.05) is 169 Å². The van der Waals surface area contributed by atoms with Crippen molar-refractivity contribution in [1.82, 2.24) is 0 Å². The van der Waals surface area contributed by atoms with E-state index in [1.807, 2.05) is 21.1 Å². The maximum atomic E-state index is 12.8. The highest BCUT2D eigenvalue weighted by molar-refractivity contribution is 5.70. The minimum absolute atomic E-state index is 0.135. The molecule has 0 saturated carbocycles. The summed E-state index contributed by atoms with van der Waals surface area (Å²) in [5, 5.41) is 11.7. The van der Waals surface area contributed by atoms with Crippen LogP contribution in [0.1, 0.15) is 181 Å². The molecule has 0 amide bonds. The Balaban J connectivity index is 4.45. The van der Waals surface area contributed by atoms with Crippen molar-refractivity contribution in [1.29, 1.82) is 0 Å². The quantitative estimate of drug-likeness (QED) is 0.0195. The van der Waals surface area contributed by atoms with E-state index in [9.17, 15) is 19.5 Å². The minimum atomic E-state index is -1.64. The first-order chi connectivity index (χ1) is 31.6. The summed E-state index contributed by atoms with van der Waals surface area (Å²) >= 11 is 0. The number of nitrogens with zero attached hydrogens (tertiary/aromatic N) is 1. The summed E-state index contributed by atoms with van der Waals surface area (Å²) in [6.45, 7) is 4.54. The number of aliphatic carboxylic acids is 1. The molecule has 0 aromatic rings. The number of hydrogen-bond acceptors (Lipinski definition) is 8. The van der Waals surface area contributed by atoms with Crippen LogP contribution in [0.2, 0.25) is 0 Å². The van der Waals surface area contributed by atoms with Crippen molar-refractivity contribution in [3.05, 3.63) is 97.2 Å². The van der Waals surface area contributed by atoms with Gasteiger partial charge in [0, 0.05) is 12.8 Å². The number of carbonyl (C=O) groups excluding carboxylic acids is 3. The van der Waals surface area contributed by atoms with E-state index in [1.165, 1.54) is 25.7 Å². The van der Waals surface area contributed by atoms with Crippen molar-refractivity contribution in [2.24, 2.45) is 0 Å². The lowest BCUT2D eigenvalue weighted by Gasteiger charge is -2.26. The lowest BCUT2D eigenvalue weighted by Crippen LogP contribution is -2.44. The van der Waals surface area contributed by atoms with Crippen LogP contribution in [0.15, 0.2) is 97.2 Å². The average Bonchev–Trinajstić information content (AvgIpc) is 3.27. The Labute approximate surface area is 397 Å². The Morgan fingerprint density at radius 3 is 1.31 bits per heavy atom. The van der Waals surface area contributed by atoms with Gasteiger partial charge in [-0.2, -0.15) is 0 Å². The van der Waals surface area contributed by atoms with E-state index in [0.29, 0.717) is 17.4 Å². The fourth-order valence-electron chi connectivity index (χ4n) is 6.39. The molecule has 0 heterocycles. The van der Waals surface area contributed by atoms with Crippen LogP contribution in [0, 0.1) is 0 Å². The minimum Gasteiger partial charge on any atom is -0.545 e. The third-order valence-electron chi connectivity index (χ3n) is 10.3. The zero-order valence-electron chi connectivity index (χ0n) is 41.8. The topological polar surface area (TPSA) is 111 Å². The van der Waals surface area contributed by atoms with E-state index in [-0.39, 0.29) is 38.6 Å². The van der Waals surface area contributed by atoms with Gasteiger partial charge in [-0.25, -0.2) is 0 Å². The molecule has 0 aliphatic carbocycles. The SMILES string of the molecule is CC/C=C\C/C=C\C/C=C\C/C=C\C/C=C\CCCCCCCC(=O)OC(COC(=O)CCCCCCCC/C=C\C/C=C\C/C=C\CCCCC)COC(OCC[N+](C)(C)C)C(=O)[O-]. The summed E-state index contributed by atoms with van der Waals surface area (Å²) in [6.07, 6.45) is 58.6. The summed E-state index contributed by atoms with van der Waals surface area (Å²) in [4.78, 5) is 37.2. The predicted octanol–water partition coefficient (Wildman–Crippen LogP) is 12.9. The molecule has 0 fully saturated rings. The Morgan fingerprint density at radius 1 is 0.477 bits per heavy atom. The highest BCUT2D eigenvalue weighted by Gasteiger charge is 2.21. The van der Waals surface area contributed by atoms with Crippen LogP contribution in [0.4, 0.5) is 0 Å².